The predicted octanol–water partition coefficient (Wildman–Crippen LogP) is 3.23. The van der Waals surface area contributed by atoms with Crippen molar-refractivity contribution < 1.29 is 18.0 Å². The van der Waals surface area contributed by atoms with E-state index in [-0.39, 0.29) is 5.82 Å². The van der Waals surface area contributed by atoms with Crippen molar-refractivity contribution in [3.05, 3.63) is 41.2 Å². The topological polar surface area (TPSA) is 34.9 Å². The molecule has 6 heteroatoms. The number of nitrogens with zero attached hydrogens (tertiary/aromatic N) is 2. The Bertz CT molecular complexity index is 629. The second kappa shape index (κ2) is 4.53. The summed E-state index contributed by atoms with van der Waals surface area (Å²) in [4.78, 5) is 14.3. The molecular formula is C13H11F3N2O. The number of benzene rings is 1. The summed E-state index contributed by atoms with van der Waals surface area (Å²) in [5.74, 6) is 0.224. The van der Waals surface area contributed by atoms with Gasteiger partial charge in [-0.15, -0.1) is 0 Å². The highest BCUT2D eigenvalue weighted by Gasteiger charge is 2.34. The molecule has 0 aliphatic carbocycles. The van der Waals surface area contributed by atoms with Gasteiger partial charge in [-0.25, -0.2) is 4.98 Å². The summed E-state index contributed by atoms with van der Waals surface area (Å²) in [5, 5.41) is 0. The average Bonchev–Trinajstić information content (AvgIpc) is 2.71. The molecule has 0 saturated heterocycles. The number of imidazole rings is 1. The minimum Gasteiger partial charge on any atom is -0.333 e. The van der Waals surface area contributed by atoms with E-state index >= 15 is 0 Å². The Morgan fingerprint density at radius 2 is 2.00 bits per heavy atom. The molecule has 19 heavy (non-hydrogen) atoms. The van der Waals surface area contributed by atoms with Gasteiger partial charge in [0.05, 0.1) is 0 Å². The summed E-state index contributed by atoms with van der Waals surface area (Å²) < 4.78 is 39.1. The third kappa shape index (κ3) is 2.52. The maximum atomic E-state index is 12.6. The van der Waals surface area contributed by atoms with E-state index in [1.54, 1.807) is 25.1 Å². The molecule has 0 atom stereocenters. The molecule has 1 aromatic carbocycles. The van der Waals surface area contributed by atoms with Crippen LogP contribution in [0.1, 0.15) is 21.6 Å². The second-order valence-electron chi connectivity index (χ2n) is 4.25. The van der Waals surface area contributed by atoms with Crippen LogP contribution in [0.15, 0.2) is 24.4 Å². The van der Waals surface area contributed by atoms with Gasteiger partial charge < -0.3 is 4.57 Å². The maximum Gasteiger partial charge on any atom is 0.434 e. The third-order valence-corrected chi connectivity index (χ3v) is 2.79. The quantitative estimate of drug-likeness (QED) is 0.784. The molecule has 100 valence electrons. The second-order valence-corrected chi connectivity index (χ2v) is 4.25. The molecule has 1 aromatic heterocycles. The maximum absolute atomic E-state index is 12.6. The van der Waals surface area contributed by atoms with E-state index in [2.05, 4.69) is 4.98 Å². The molecule has 0 N–H and O–H groups in total. The Morgan fingerprint density at radius 3 is 2.47 bits per heavy atom. The van der Waals surface area contributed by atoms with E-state index in [9.17, 15) is 18.0 Å². The molecule has 0 spiro atoms. The van der Waals surface area contributed by atoms with Gasteiger partial charge in [0.2, 0.25) is 0 Å². The van der Waals surface area contributed by atoms with Gasteiger partial charge in [-0.1, -0.05) is 12.1 Å². The van der Waals surface area contributed by atoms with Crippen LogP contribution in [0.4, 0.5) is 13.2 Å². The molecule has 0 aliphatic rings. The van der Waals surface area contributed by atoms with Crippen LogP contribution < -0.4 is 0 Å². The van der Waals surface area contributed by atoms with Crippen LogP contribution in [-0.4, -0.2) is 15.8 Å². The molecule has 0 radical (unpaired) electrons. The first-order valence-electron chi connectivity index (χ1n) is 5.49. The number of rotatable bonds is 2. The fourth-order valence-corrected chi connectivity index (χ4v) is 1.86. The first-order chi connectivity index (χ1) is 8.82. The number of alkyl halides is 3. The Hall–Kier alpha value is -2.11. The Kier molecular flexibility index (Phi) is 3.18. The van der Waals surface area contributed by atoms with Gasteiger partial charge in [-0.05, 0) is 18.6 Å². The van der Waals surface area contributed by atoms with Crippen molar-refractivity contribution in [1.29, 1.82) is 0 Å². The number of hydrogen-bond acceptors (Lipinski definition) is 2. The van der Waals surface area contributed by atoms with Crippen LogP contribution >= 0.6 is 0 Å². The van der Waals surface area contributed by atoms with Crippen molar-refractivity contribution >= 4 is 6.29 Å². The van der Waals surface area contributed by atoms with E-state index in [1.165, 1.54) is 11.6 Å². The molecule has 2 aromatic rings. The molecule has 1 heterocycles. The zero-order chi connectivity index (χ0) is 14.2. The van der Waals surface area contributed by atoms with Crippen molar-refractivity contribution in [2.75, 3.05) is 0 Å². The van der Waals surface area contributed by atoms with Gasteiger partial charge in [0.1, 0.15) is 12.1 Å². The van der Waals surface area contributed by atoms with Gasteiger partial charge in [0.25, 0.3) is 0 Å². The molecule has 0 fully saturated rings. The highest BCUT2D eigenvalue weighted by Crippen LogP contribution is 2.31. The molecular weight excluding hydrogens is 257 g/mol. The Balaban J connectivity index is 2.53. The molecule has 3 nitrogen and oxygen atoms in total. The number of halogens is 3. The van der Waals surface area contributed by atoms with Crippen LogP contribution in [-0.2, 0) is 13.2 Å². The normalized spacial score (nSPS) is 11.6. The first kappa shape index (κ1) is 13.3. The van der Waals surface area contributed by atoms with Gasteiger partial charge >= 0.3 is 6.18 Å². The summed E-state index contributed by atoms with van der Waals surface area (Å²) in [6.07, 6.45) is -2.83. The Morgan fingerprint density at radius 1 is 1.32 bits per heavy atom. The lowest BCUT2D eigenvalue weighted by Gasteiger charge is -2.06. The highest BCUT2D eigenvalue weighted by molar-refractivity contribution is 5.77. The smallest absolute Gasteiger partial charge is 0.333 e. The lowest BCUT2D eigenvalue weighted by Crippen LogP contribution is -2.05. The summed E-state index contributed by atoms with van der Waals surface area (Å²) in [6.45, 7) is 1.73. The van der Waals surface area contributed by atoms with Crippen LogP contribution in [0.25, 0.3) is 11.4 Å². The van der Waals surface area contributed by atoms with Crippen LogP contribution in [0, 0.1) is 6.92 Å². The summed E-state index contributed by atoms with van der Waals surface area (Å²) in [5.41, 5.74) is 0.825. The zero-order valence-electron chi connectivity index (χ0n) is 10.3. The van der Waals surface area contributed by atoms with Crippen LogP contribution in [0.2, 0.25) is 0 Å². The monoisotopic (exact) mass is 268 g/mol. The van der Waals surface area contributed by atoms with Crippen molar-refractivity contribution in [1.82, 2.24) is 9.55 Å². The molecule has 0 bridgehead atoms. The van der Waals surface area contributed by atoms with Crippen LogP contribution in [0.3, 0.4) is 0 Å². The Labute approximate surface area is 107 Å². The highest BCUT2D eigenvalue weighted by atomic mass is 19.4. The van der Waals surface area contributed by atoms with E-state index in [1.807, 2.05) is 0 Å². The molecule has 0 unspecified atom stereocenters. The van der Waals surface area contributed by atoms with Crippen molar-refractivity contribution in [3.8, 4) is 11.4 Å². The number of hydrogen-bond donors (Lipinski definition) is 0. The molecule has 0 amide bonds. The molecule has 2 rings (SSSR count). The van der Waals surface area contributed by atoms with Crippen molar-refractivity contribution in [3.63, 3.8) is 0 Å². The minimum absolute atomic E-state index is 0.224. The number of aryl methyl sites for hydroxylation is 2. The standard InChI is InChI=1S/C13H11F3N2O/c1-8-5-9(7-19)3-4-10(8)12-17-11(6-18(12)2)13(14,15)16/h3-7H,1-2H3. The number of carbonyl (C=O) groups excluding carboxylic acids is 1. The van der Waals surface area contributed by atoms with Gasteiger partial charge in [-0.2, -0.15) is 13.2 Å². The van der Waals surface area contributed by atoms with Crippen molar-refractivity contribution in [2.45, 2.75) is 13.1 Å². The van der Waals surface area contributed by atoms with Gasteiger partial charge in [-0.3, -0.25) is 4.79 Å². The summed E-state index contributed by atoms with van der Waals surface area (Å²) in [6, 6.07) is 4.77. The van der Waals surface area contributed by atoms with Gasteiger partial charge in [0.15, 0.2) is 5.69 Å². The third-order valence-electron chi connectivity index (χ3n) is 2.79. The lowest BCUT2D eigenvalue weighted by atomic mass is 10.1. The average molecular weight is 268 g/mol. The minimum atomic E-state index is -4.47. The number of carbonyl (C=O) groups is 1. The van der Waals surface area contributed by atoms with E-state index < -0.39 is 11.9 Å². The van der Waals surface area contributed by atoms with E-state index in [0.29, 0.717) is 23.0 Å². The van der Waals surface area contributed by atoms with Crippen molar-refractivity contribution in [2.24, 2.45) is 7.05 Å². The fraction of sp³-hybridized carbons (Fsp3) is 0.231. The van der Waals surface area contributed by atoms with Gasteiger partial charge in [0, 0.05) is 24.4 Å². The zero-order valence-corrected chi connectivity index (χ0v) is 10.3. The predicted molar refractivity (Wildman–Crippen MR) is 63.8 cm³/mol. The van der Waals surface area contributed by atoms with E-state index in [0.717, 1.165) is 6.20 Å². The van der Waals surface area contributed by atoms with E-state index in [4.69, 9.17) is 0 Å². The van der Waals surface area contributed by atoms with Crippen LogP contribution in [0.5, 0.6) is 0 Å². The summed E-state index contributed by atoms with van der Waals surface area (Å²) in [7, 11) is 1.50. The SMILES string of the molecule is Cc1cc(C=O)ccc1-c1nc(C(F)(F)F)cn1C. The summed E-state index contributed by atoms with van der Waals surface area (Å²) >= 11 is 0. The first-order valence-corrected chi connectivity index (χ1v) is 5.49. The lowest BCUT2D eigenvalue weighted by molar-refractivity contribution is -0.140. The molecule has 0 saturated carbocycles. The molecule has 0 aliphatic heterocycles. The number of aromatic nitrogens is 2. The fourth-order valence-electron chi connectivity index (χ4n) is 1.86. The number of aldehydes is 1. The largest absolute Gasteiger partial charge is 0.434 e.